The molecule has 10 heteroatoms. The van der Waals surface area contributed by atoms with Crippen LogP contribution in [0.25, 0.3) is 0 Å². The number of alkyl halides is 2. The number of aryl methyl sites for hydroxylation is 2. The molecule has 2 aromatic rings. The lowest BCUT2D eigenvalue weighted by atomic mass is 10.3. The van der Waals surface area contributed by atoms with E-state index in [1.807, 2.05) is 6.92 Å². The van der Waals surface area contributed by atoms with Crippen LogP contribution in [0.5, 0.6) is 0 Å². The summed E-state index contributed by atoms with van der Waals surface area (Å²) < 4.78 is 27.5. The number of nitrogens with one attached hydrogen (secondary N) is 2. The van der Waals surface area contributed by atoms with Crippen molar-refractivity contribution in [3.8, 4) is 0 Å². The van der Waals surface area contributed by atoms with Gasteiger partial charge in [0, 0.05) is 24.5 Å². The van der Waals surface area contributed by atoms with E-state index in [9.17, 15) is 18.4 Å². The zero-order chi connectivity index (χ0) is 18.7. The van der Waals surface area contributed by atoms with Crippen molar-refractivity contribution in [1.29, 1.82) is 0 Å². The summed E-state index contributed by atoms with van der Waals surface area (Å²) in [6.07, 6.45) is 1.50. The van der Waals surface area contributed by atoms with Gasteiger partial charge in [-0.25, -0.2) is 4.68 Å². The first kappa shape index (κ1) is 18.6. The van der Waals surface area contributed by atoms with E-state index in [1.165, 1.54) is 23.9 Å². The molecule has 0 fully saturated rings. The van der Waals surface area contributed by atoms with Crippen LogP contribution < -0.4 is 10.6 Å². The van der Waals surface area contributed by atoms with Gasteiger partial charge in [-0.2, -0.15) is 19.0 Å². The Morgan fingerprint density at radius 2 is 1.92 bits per heavy atom. The summed E-state index contributed by atoms with van der Waals surface area (Å²) in [5, 5.41) is 12.9. The summed E-state index contributed by atoms with van der Waals surface area (Å²) in [5.74, 6) is -1.14. The molecule has 136 valence electrons. The number of amides is 2. The monoisotopic (exact) mass is 354 g/mol. The number of carbonyl (C=O) groups excluding carboxylic acids is 2. The van der Waals surface area contributed by atoms with E-state index in [4.69, 9.17) is 0 Å². The van der Waals surface area contributed by atoms with Crippen molar-refractivity contribution >= 4 is 17.5 Å². The normalized spacial score (nSPS) is 11.2. The van der Waals surface area contributed by atoms with Gasteiger partial charge in [0.25, 0.3) is 11.8 Å². The minimum Gasteiger partial charge on any atom is -0.348 e. The molecule has 0 aromatic carbocycles. The van der Waals surface area contributed by atoms with Crippen molar-refractivity contribution in [1.82, 2.24) is 24.9 Å². The first-order valence-electron chi connectivity index (χ1n) is 7.76. The summed E-state index contributed by atoms with van der Waals surface area (Å²) in [6.45, 7) is 4.51. The fraction of sp³-hybridized carbons (Fsp3) is 0.467. The molecule has 2 rings (SSSR count). The first-order valence-corrected chi connectivity index (χ1v) is 7.76. The van der Waals surface area contributed by atoms with E-state index in [0.717, 1.165) is 0 Å². The molecule has 2 amide bonds. The number of nitrogens with zero attached hydrogens (tertiary/aromatic N) is 4. The lowest BCUT2D eigenvalue weighted by molar-refractivity contribution is 0.0540. The van der Waals surface area contributed by atoms with Crippen molar-refractivity contribution in [3.05, 3.63) is 29.3 Å². The molecule has 0 saturated heterocycles. The van der Waals surface area contributed by atoms with Crippen molar-refractivity contribution in [3.63, 3.8) is 0 Å². The van der Waals surface area contributed by atoms with Crippen molar-refractivity contribution in [2.75, 3.05) is 5.32 Å². The summed E-state index contributed by atoms with van der Waals surface area (Å²) in [4.78, 5) is 24.5. The highest BCUT2D eigenvalue weighted by Crippen LogP contribution is 2.18. The molecule has 0 aliphatic carbocycles. The molecule has 0 aliphatic heterocycles. The van der Waals surface area contributed by atoms with Gasteiger partial charge in [0.15, 0.2) is 11.4 Å². The second-order valence-electron chi connectivity index (χ2n) is 5.72. The van der Waals surface area contributed by atoms with E-state index < -0.39 is 18.4 Å². The van der Waals surface area contributed by atoms with Crippen LogP contribution in [0.4, 0.5) is 14.5 Å². The topological polar surface area (TPSA) is 93.8 Å². The van der Waals surface area contributed by atoms with Crippen molar-refractivity contribution in [2.45, 2.75) is 46.8 Å². The van der Waals surface area contributed by atoms with Gasteiger partial charge in [0.2, 0.25) is 0 Å². The molecule has 0 atom stereocenters. The van der Waals surface area contributed by atoms with Crippen LogP contribution >= 0.6 is 0 Å². The Morgan fingerprint density at radius 3 is 2.44 bits per heavy atom. The van der Waals surface area contributed by atoms with Crippen LogP contribution in [-0.4, -0.2) is 37.4 Å². The number of anilines is 1. The Bertz CT molecular complexity index is 781. The maximum Gasteiger partial charge on any atom is 0.333 e. The number of halogens is 2. The SMILES string of the molecule is CCn1cc(NC(=O)c2cc(C)n(C(F)F)n2)c(C(=O)NC(C)C)n1. The fourth-order valence-electron chi connectivity index (χ4n) is 2.16. The number of hydrogen-bond acceptors (Lipinski definition) is 4. The molecule has 25 heavy (non-hydrogen) atoms. The minimum atomic E-state index is -2.84. The Morgan fingerprint density at radius 1 is 1.24 bits per heavy atom. The smallest absolute Gasteiger partial charge is 0.333 e. The maximum absolute atomic E-state index is 12.8. The predicted molar refractivity (Wildman–Crippen MR) is 86.7 cm³/mol. The van der Waals surface area contributed by atoms with Gasteiger partial charge >= 0.3 is 6.55 Å². The highest BCUT2D eigenvalue weighted by atomic mass is 19.3. The lowest BCUT2D eigenvalue weighted by Crippen LogP contribution is -2.31. The molecule has 0 radical (unpaired) electrons. The number of carbonyl (C=O) groups is 2. The van der Waals surface area contributed by atoms with Gasteiger partial charge in [-0.15, -0.1) is 0 Å². The standard InChI is InChI=1S/C15H20F2N6O2/c1-5-22-7-11(12(21-22)14(25)18-8(2)3)19-13(24)10-6-9(4)23(20-10)15(16)17/h6-8,15H,5H2,1-4H3,(H,18,25)(H,19,24). The average Bonchev–Trinajstić information content (AvgIpc) is 3.10. The number of rotatable bonds is 6. The summed E-state index contributed by atoms with van der Waals surface area (Å²) >= 11 is 0. The van der Waals surface area contributed by atoms with Crippen LogP contribution in [0, 0.1) is 6.92 Å². The maximum atomic E-state index is 12.8. The Kier molecular flexibility index (Phi) is 5.50. The molecule has 0 saturated carbocycles. The van der Waals surface area contributed by atoms with Crippen LogP contribution in [0.1, 0.15) is 54.0 Å². The molecular formula is C15H20F2N6O2. The largest absolute Gasteiger partial charge is 0.348 e. The van der Waals surface area contributed by atoms with Crippen molar-refractivity contribution < 1.29 is 18.4 Å². The highest BCUT2D eigenvalue weighted by molar-refractivity contribution is 6.07. The first-order chi connectivity index (χ1) is 11.7. The number of aromatic nitrogens is 4. The van der Waals surface area contributed by atoms with Gasteiger partial charge in [-0.05, 0) is 33.8 Å². The molecule has 2 N–H and O–H groups in total. The molecule has 0 aliphatic rings. The Balaban J connectivity index is 2.27. The van der Waals surface area contributed by atoms with Crippen LogP contribution in [0.15, 0.2) is 12.3 Å². The van der Waals surface area contributed by atoms with E-state index in [0.29, 0.717) is 11.2 Å². The summed E-state index contributed by atoms with van der Waals surface area (Å²) in [6, 6.07) is 1.15. The average molecular weight is 354 g/mol. The van der Waals surface area contributed by atoms with Crippen LogP contribution in [0.3, 0.4) is 0 Å². The van der Waals surface area contributed by atoms with E-state index >= 15 is 0 Å². The summed E-state index contributed by atoms with van der Waals surface area (Å²) in [5.41, 5.74) is 0.225. The third kappa shape index (κ3) is 4.20. The highest BCUT2D eigenvalue weighted by Gasteiger charge is 2.22. The zero-order valence-electron chi connectivity index (χ0n) is 14.4. The van der Waals surface area contributed by atoms with E-state index in [1.54, 1.807) is 13.8 Å². The van der Waals surface area contributed by atoms with Gasteiger partial charge in [0.05, 0.1) is 5.69 Å². The summed E-state index contributed by atoms with van der Waals surface area (Å²) in [7, 11) is 0. The second kappa shape index (κ2) is 7.41. The molecule has 0 spiro atoms. The van der Waals surface area contributed by atoms with Gasteiger partial charge < -0.3 is 10.6 Å². The number of hydrogen-bond donors (Lipinski definition) is 2. The molecule has 8 nitrogen and oxygen atoms in total. The van der Waals surface area contributed by atoms with Gasteiger partial charge in [-0.1, -0.05) is 0 Å². The predicted octanol–water partition coefficient (Wildman–Crippen LogP) is 2.19. The van der Waals surface area contributed by atoms with Crippen LogP contribution in [0.2, 0.25) is 0 Å². The molecule has 2 aromatic heterocycles. The van der Waals surface area contributed by atoms with E-state index in [2.05, 4.69) is 20.8 Å². The van der Waals surface area contributed by atoms with Gasteiger partial charge in [-0.3, -0.25) is 14.3 Å². The third-order valence-electron chi connectivity index (χ3n) is 3.31. The Hall–Kier alpha value is -2.78. The third-order valence-corrected chi connectivity index (χ3v) is 3.31. The van der Waals surface area contributed by atoms with Crippen molar-refractivity contribution in [2.24, 2.45) is 0 Å². The lowest BCUT2D eigenvalue weighted by Gasteiger charge is -2.08. The van der Waals surface area contributed by atoms with Crippen LogP contribution in [-0.2, 0) is 6.54 Å². The van der Waals surface area contributed by atoms with E-state index in [-0.39, 0.29) is 28.8 Å². The molecule has 0 bridgehead atoms. The molecule has 0 unspecified atom stereocenters. The quantitative estimate of drug-likeness (QED) is 0.831. The fourth-order valence-corrected chi connectivity index (χ4v) is 2.16. The Labute approximate surface area is 143 Å². The van der Waals surface area contributed by atoms with Gasteiger partial charge in [0.1, 0.15) is 0 Å². The minimum absolute atomic E-state index is 0.0499. The second-order valence-corrected chi connectivity index (χ2v) is 5.72. The molecular weight excluding hydrogens is 334 g/mol. The zero-order valence-corrected chi connectivity index (χ0v) is 14.4. The molecule has 2 heterocycles.